The van der Waals surface area contributed by atoms with Crippen LogP contribution in [0, 0.1) is 18.2 Å². The number of nitrogens with zero attached hydrogens (tertiary/aromatic N) is 6. The Labute approximate surface area is 287 Å². The predicted octanol–water partition coefficient (Wildman–Crippen LogP) is 4.39. The van der Waals surface area contributed by atoms with E-state index >= 15 is 0 Å². The van der Waals surface area contributed by atoms with Crippen LogP contribution in [0.2, 0.25) is 0 Å². The van der Waals surface area contributed by atoms with Crippen LogP contribution in [0.5, 0.6) is 11.5 Å². The van der Waals surface area contributed by atoms with Crippen molar-refractivity contribution in [1.82, 2.24) is 29.5 Å². The summed E-state index contributed by atoms with van der Waals surface area (Å²) in [6.07, 6.45) is 7.87. The van der Waals surface area contributed by atoms with E-state index in [9.17, 15) is 17.6 Å². The van der Waals surface area contributed by atoms with E-state index in [0.717, 1.165) is 52.0 Å². The van der Waals surface area contributed by atoms with Crippen molar-refractivity contribution in [2.45, 2.75) is 89.6 Å². The van der Waals surface area contributed by atoms with Crippen LogP contribution in [0.15, 0.2) is 46.4 Å². The number of anilines is 1. The Morgan fingerprint density at radius 2 is 1.84 bits per heavy atom. The van der Waals surface area contributed by atoms with Gasteiger partial charge in [0.05, 0.1) is 30.7 Å². The Morgan fingerprint density at radius 3 is 2.47 bits per heavy atom. The zero-order valence-corrected chi connectivity index (χ0v) is 29.6. The number of hydrogen-bond donors (Lipinski definition) is 1. The SMILES string of the molecule is Cc1ncc(S(=O)(=O)N[C@@H]2CC[C@@H](CN3CCC4(CC3)CN(c3ncncc3Oc3ccc(F)cc3C(=O)N(C(C)C)C(C)C)C4)OC2)o1. The summed E-state index contributed by atoms with van der Waals surface area (Å²) in [5, 5.41) is -0.179. The number of oxazole rings is 1. The fourth-order valence-corrected chi connectivity index (χ4v) is 8.38. The molecule has 1 aromatic carbocycles. The van der Waals surface area contributed by atoms with Crippen molar-refractivity contribution < 1.29 is 31.5 Å². The summed E-state index contributed by atoms with van der Waals surface area (Å²) in [6, 6.07) is 3.54. The third kappa shape index (κ3) is 7.89. The monoisotopic (exact) mass is 699 g/mol. The molecule has 3 aromatic rings. The minimum absolute atomic E-state index is 0.0531. The highest BCUT2D eigenvalue weighted by atomic mass is 32.2. The number of aryl methyl sites for hydroxylation is 1. The molecular weight excluding hydrogens is 653 g/mol. The molecule has 0 aliphatic carbocycles. The highest BCUT2D eigenvalue weighted by Crippen LogP contribution is 2.45. The smallest absolute Gasteiger partial charge is 0.275 e. The van der Waals surface area contributed by atoms with Crippen LogP contribution < -0.4 is 14.4 Å². The van der Waals surface area contributed by atoms with Crippen LogP contribution in [0.4, 0.5) is 10.2 Å². The molecular formula is C34H46FN7O6S. The predicted molar refractivity (Wildman–Crippen MR) is 180 cm³/mol. The van der Waals surface area contributed by atoms with Gasteiger partial charge in [0.1, 0.15) is 17.9 Å². The average molecular weight is 700 g/mol. The molecule has 0 bridgehead atoms. The number of benzene rings is 1. The Kier molecular flexibility index (Phi) is 10.3. The summed E-state index contributed by atoms with van der Waals surface area (Å²) >= 11 is 0. The third-order valence-corrected chi connectivity index (χ3v) is 11.0. The number of amides is 1. The van der Waals surface area contributed by atoms with Crippen molar-refractivity contribution in [3.8, 4) is 11.5 Å². The number of nitrogens with one attached hydrogen (secondary N) is 1. The Bertz CT molecular complexity index is 1720. The zero-order chi connectivity index (χ0) is 34.9. The van der Waals surface area contributed by atoms with Crippen LogP contribution in [0.25, 0.3) is 0 Å². The standard InChI is InChI=1S/C34H46FN7O6S/c1-22(2)42(23(3)4)33(43)28-14-25(35)6-9-29(28)48-30-15-36-21-38-32(30)41-19-34(20-41)10-12-40(13-11-34)17-27-8-7-26(18-46-27)39-49(44,45)31-16-37-24(5)47-31/h6,9,14-16,21-23,26-27,39H,7-8,10-13,17-20H2,1-5H3/t26-,27+/m1/s1. The molecule has 1 N–H and O–H groups in total. The average Bonchev–Trinajstić information content (AvgIpc) is 3.49. The second-order valence-corrected chi connectivity index (χ2v) is 15.7. The molecule has 6 rings (SSSR count). The number of piperidine rings is 1. The van der Waals surface area contributed by atoms with E-state index in [2.05, 4.69) is 29.5 Å². The minimum atomic E-state index is -3.77. The van der Waals surface area contributed by atoms with Gasteiger partial charge in [0.25, 0.3) is 21.0 Å². The summed E-state index contributed by atoms with van der Waals surface area (Å²) in [7, 11) is -3.77. The molecule has 13 nitrogen and oxygen atoms in total. The maximum atomic E-state index is 14.4. The summed E-state index contributed by atoms with van der Waals surface area (Å²) < 4.78 is 59.8. The lowest BCUT2D eigenvalue weighted by atomic mass is 9.72. The molecule has 3 fully saturated rings. The molecule has 2 aromatic heterocycles. The fraction of sp³-hybridized carbons (Fsp3) is 0.588. The summed E-state index contributed by atoms with van der Waals surface area (Å²) in [6.45, 7) is 14.0. The molecule has 266 valence electrons. The van der Waals surface area contributed by atoms with Gasteiger partial charge in [-0.3, -0.25) is 4.79 Å². The van der Waals surface area contributed by atoms with E-state index in [1.807, 2.05) is 27.7 Å². The van der Waals surface area contributed by atoms with Gasteiger partial charge in [-0.05, 0) is 84.7 Å². The molecule has 3 aliphatic rings. The minimum Gasteiger partial charge on any atom is -0.451 e. The van der Waals surface area contributed by atoms with Crippen LogP contribution in [0.1, 0.15) is 69.6 Å². The van der Waals surface area contributed by atoms with Gasteiger partial charge >= 0.3 is 0 Å². The molecule has 49 heavy (non-hydrogen) atoms. The van der Waals surface area contributed by atoms with Crippen LogP contribution in [0.3, 0.4) is 0 Å². The van der Waals surface area contributed by atoms with Gasteiger partial charge in [-0.25, -0.2) is 32.5 Å². The first-order chi connectivity index (χ1) is 23.3. The Balaban J connectivity index is 1.01. The van der Waals surface area contributed by atoms with E-state index in [0.29, 0.717) is 30.5 Å². The molecule has 3 aliphatic heterocycles. The van der Waals surface area contributed by atoms with Crippen molar-refractivity contribution in [3.63, 3.8) is 0 Å². The molecule has 5 heterocycles. The van der Waals surface area contributed by atoms with Gasteiger partial charge < -0.3 is 28.6 Å². The van der Waals surface area contributed by atoms with Crippen LogP contribution >= 0.6 is 0 Å². The summed E-state index contributed by atoms with van der Waals surface area (Å²) in [5.74, 6) is 0.821. The van der Waals surface area contributed by atoms with Crippen molar-refractivity contribution >= 4 is 21.7 Å². The lowest BCUT2D eigenvalue weighted by Gasteiger charge is -2.54. The molecule has 3 saturated heterocycles. The Hall–Kier alpha value is -3.66. The van der Waals surface area contributed by atoms with Gasteiger partial charge in [-0.15, -0.1) is 0 Å². The molecule has 2 atom stereocenters. The summed E-state index contributed by atoms with van der Waals surface area (Å²) in [4.78, 5) is 32.5. The van der Waals surface area contributed by atoms with E-state index in [4.69, 9.17) is 13.9 Å². The maximum absolute atomic E-state index is 14.4. The first kappa shape index (κ1) is 35.2. The number of likely N-dealkylation sites (tertiary alicyclic amines) is 1. The lowest BCUT2D eigenvalue weighted by Crippen LogP contribution is -2.61. The number of aromatic nitrogens is 3. The first-order valence-corrected chi connectivity index (χ1v) is 18.4. The first-order valence-electron chi connectivity index (χ1n) is 17.0. The molecule has 0 unspecified atom stereocenters. The number of ether oxygens (including phenoxy) is 2. The fourth-order valence-electron chi connectivity index (χ4n) is 7.21. The number of halogens is 1. The van der Waals surface area contributed by atoms with E-state index in [-0.39, 0.29) is 52.0 Å². The van der Waals surface area contributed by atoms with Crippen molar-refractivity contribution in [2.24, 2.45) is 5.41 Å². The molecule has 1 spiro atoms. The maximum Gasteiger partial charge on any atom is 0.275 e. The largest absolute Gasteiger partial charge is 0.451 e. The third-order valence-electron chi connectivity index (χ3n) is 9.69. The highest BCUT2D eigenvalue weighted by Gasteiger charge is 2.46. The topological polar surface area (TPSA) is 143 Å². The zero-order valence-electron chi connectivity index (χ0n) is 28.8. The van der Waals surface area contributed by atoms with Crippen LogP contribution in [-0.4, -0.2) is 103 Å². The second kappa shape index (κ2) is 14.3. The molecule has 15 heteroatoms. The number of sulfonamides is 1. The van der Waals surface area contributed by atoms with Crippen molar-refractivity contribution in [3.05, 3.63) is 54.2 Å². The molecule has 0 saturated carbocycles. The van der Waals surface area contributed by atoms with E-state index < -0.39 is 15.8 Å². The van der Waals surface area contributed by atoms with Crippen molar-refractivity contribution in [1.29, 1.82) is 0 Å². The summed E-state index contributed by atoms with van der Waals surface area (Å²) in [5.41, 5.74) is 0.325. The number of carbonyl (C=O) groups excluding carboxylic acids is 1. The molecule has 1 amide bonds. The normalized spacial score (nSPS) is 21.3. The van der Waals surface area contributed by atoms with Gasteiger partial charge in [0.15, 0.2) is 17.5 Å². The van der Waals surface area contributed by atoms with Gasteiger partial charge in [0, 0.05) is 50.1 Å². The van der Waals surface area contributed by atoms with Gasteiger partial charge in [-0.2, -0.15) is 0 Å². The van der Waals surface area contributed by atoms with Crippen molar-refractivity contribution in [2.75, 3.05) is 44.2 Å². The number of hydrogen-bond acceptors (Lipinski definition) is 11. The quantitative estimate of drug-likeness (QED) is 0.305. The number of rotatable bonds is 11. The van der Waals surface area contributed by atoms with E-state index in [1.54, 1.807) is 18.0 Å². The molecule has 0 radical (unpaired) electrons. The Morgan fingerprint density at radius 1 is 1.10 bits per heavy atom. The van der Waals surface area contributed by atoms with E-state index in [1.165, 1.54) is 30.7 Å². The van der Waals surface area contributed by atoms with Crippen LogP contribution in [-0.2, 0) is 14.8 Å². The van der Waals surface area contributed by atoms with Gasteiger partial charge in [-0.1, -0.05) is 0 Å². The lowest BCUT2D eigenvalue weighted by molar-refractivity contribution is -0.0299. The second-order valence-electron chi connectivity index (χ2n) is 14.1. The highest BCUT2D eigenvalue weighted by molar-refractivity contribution is 7.89. The van der Waals surface area contributed by atoms with Gasteiger partial charge in [0.2, 0.25) is 0 Å². The number of carbonyl (C=O) groups is 1.